The first kappa shape index (κ1) is 15.9. The van der Waals surface area contributed by atoms with Crippen molar-refractivity contribution < 1.29 is 14.3 Å². The number of carbonyl (C=O) groups is 1. The Kier molecular flexibility index (Phi) is 4.43. The highest BCUT2D eigenvalue weighted by Crippen LogP contribution is 2.28. The van der Waals surface area contributed by atoms with E-state index in [0.717, 1.165) is 16.7 Å². The summed E-state index contributed by atoms with van der Waals surface area (Å²) in [6.45, 7) is 1.55. The molecule has 0 saturated heterocycles. The van der Waals surface area contributed by atoms with Gasteiger partial charge in [-0.3, -0.25) is 4.79 Å². The molecule has 3 heteroatoms. The molecule has 0 fully saturated rings. The summed E-state index contributed by atoms with van der Waals surface area (Å²) in [7, 11) is 0. The van der Waals surface area contributed by atoms with Crippen LogP contribution in [0, 0.1) is 5.82 Å². The third-order valence-corrected chi connectivity index (χ3v) is 4.17. The fourth-order valence-corrected chi connectivity index (χ4v) is 2.65. The highest BCUT2D eigenvalue weighted by atomic mass is 19.1. The number of rotatable bonds is 4. The molecule has 0 saturated carbocycles. The van der Waals surface area contributed by atoms with Crippen LogP contribution in [0.3, 0.4) is 0 Å². The van der Waals surface area contributed by atoms with E-state index in [4.69, 9.17) is 5.11 Å². The Labute approximate surface area is 140 Å². The van der Waals surface area contributed by atoms with Gasteiger partial charge in [0.05, 0.1) is 5.92 Å². The molecule has 0 aliphatic carbocycles. The summed E-state index contributed by atoms with van der Waals surface area (Å²) < 4.78 is 14.4. The lowest BCUT2D eigenvalue weighted by atomic mass is 9.96. The maximum atomic E-state index is 14.4. The molecule has 0 spiro atoms. The van der Waals surface area contributed by atoms with Crippen LogP contribution in [-0.4, -0.2) is 11.1 Å². The molecule has 0 aromatic heterocycles. The second-order valence-corrected chi connectivity index (χ2v) is 5.74. The molecule has 1 atom stereocenters. The van der Waals surface area contributed by atoms with E-state index >= 15 is 0 Å². The van der Waals surface area contributed by atoms with E-state index in [9.17, 15) is 9.18 Å². The normalized spacial score (nSPS) is 11.9. The number of hydrogen-bond donors (Lipinski definition) is 1. The third kappa shape index (κ3) is 3.20. The summed E-state index contributed by atoms with van der Waals surface area (Å²) in [5.74, 6) is -2.10. The largest absolute Gasteiger partial charge is 0.481 e. The fraction of sp³-hybridized carbons (Fsp3) is 0.0952. The number of halogens is 1. The lowest BCUT2D eigenvalue weighted by Crippen LogP contribution is -2.07. The summed E-state index contributed by atoms with van der Waals surface area (Å²) in [6, 6.07) is 22.2. The predicted octanol–water partition coefficient (Wildman–Crippen LogP) is 5.35. The monoisotopic (exact) mass is 320 g/mol. The maximum absolute atomic E-state index is 14.4. The number of carboxylic acids is 1. The molecule has 0 heterocycles. The summed E-state index contributed by atoms with van der Waals surface area (Å²) in [6.07, 6.45) is 0. The summed E-state index contributed by atoms with van der Waals surface area (Å²) in [5, 5.41) is 9.03. The van der Waals surface area contributed by atoms with Crippen LogP contribution in [0.2, 0.25) is 0 Å². The van der Waals surface area contributed by atoms with Gasteiger partial charge in [0.15, 0.2) is 0 Å². The van der Waals surface area contributed by atoms with Crippen LogP contribution < -0.4 is 0 Å². The summed E-state index contributed by atoms with van der Waals surface area (Å²) in [5.41, 5.74) is 3.87. The predicted molar refractivity (Wildman–Crippen MR) is 93.3 cm³/mol. The van der Waals surface area contributed by atoms with Crippen molar-refractivity contribution in [1.29, 1.82) is 0 Å². The molecule has 0 aliphatic heterocycles. The van der Waals surface area contributed by atoms with Crippen molar-refractivity contribution in [1.82, 2.24) is 0 Å². The van der Waals surface area contributed by atoms with Gasteiger partial charge in [-0.15, -0.1) is 0 Å². The Bertz CT molecular complexity index is 855. The minimum absolute atomic E-state index is 0.409. The first-order chi connectivity index (χ1) is 11.6. The Balaban J connectivity index is 1.91. The van der Waals surface area contributed by atoms with E-state index in [1.165, 1.54) is 6.07 Å². The van der Waals surface area contributed by atoms with Gasteiger partial charge in [-0.25, -0.2) is 4.39 Å². The SMILES string of the molecule is CC(C(=O)O)c1ccc(-c2ccc(-c3ccccc3)cc2)c(F)c1. The molecule has 0 bridgehead atoms. The lowest BCUT2D eigenvalue weighted by Gasteiger charge is -2.10. The molecule has 0 radical (unpaired) electrons. The van der Waals surface area contributed by atoms with Gasteiger partial charge < -0.3 is 5.11 Å². The van der Waals surface area contributed by atoms with E-state index in [1.807, 2.05) is 54.6 Å². The molecule has 1 N–H and O–H groups in total. The van der Waals surface area contributed by atoms with E-state index < -0.39 is 17.7 Å². The zero-order valence-corrected chi connectivity index (χ0v) is 13.2. The lowest BCUT2D eigenvalue weighted by molar-refractivity contribution is -0.138. The molecule has 120 valence electrons. The molecular weight excluding hydrogens is 303 g/mol. The highest BCUT2D eigenvalue weighted by Gasteiger charge is 2.16. The second kappa shape index (κ2) is 6.67. The minimum Gasteiger partial charge on any atom is -0.481 e. The molecule has 3 aromatic rings. The van der Waals surface area contributed by atoms with Crippen molar-refractivity contribution in [2.75, 3.05) is 0 Å². The molecule has 3 aromatic carbocycles. The van der Waals surface area contributed by atoms with Gasteiger partial charge in [-0.05, 0) is 35.2 Å². The van der Waals surface area contributed by atoms with Crippen molar-refractivity contribution in [2.24, 2.45) is 0 Å². The van der Waals surface area contributed by atoms with Gasteiger partial charge in [0.25, 0.3) is 0 Å². The number of carboxylic acid groups (broad SMARTS) is 1. The Morgan fingerprint density at radius 3 is 2.04 bits per heavy atom. The van der Waals surface area contributed by atoms with Gasteiger partial charge in [0, 0.05) is 5.56 Å². The van der Waals surface area contributed by atoms with Crippen LogP contribution in [0.25, 0.3) is 22.3 Å². The van der Waals surface area contributed by atoms with Crippen molar-refractivity contribution in [2.45, 2.75) is 12.8 Å². The van der Waals surface area contributed by atoms with Crippen LogP contribution >= 0.6 is 0 Å². The Hall–Kier alpha value is -2.94. The van der Waals surface area contributed by atoms with Gasteiger partial charge in [0.1, 0.15) is 5.82 Å². The summed E-state index contributed by atoms with van der Waals surface area (Å²) in [4.78, 5) is 11.0. The van der Waals surface area contributed by atoms with Gasteiger partial charge >= 0.3 is 5.97 Å². The third-order valence-electron chi connectivity index (χ3n) is 4.17. The molecule has 2 nitrogen and oxygen atoms in total. The Morgan fingerprint density at radius 1 is 0.875 bits per heavy atom. The second-order valence-electron chi connectivity index (χ2n) is 5.74. The average Bonchev–Trinajstić information content (AvgIpc) is 2.62. The van der Waals surface area contributed by atoms with E-state index in [0.29, 0.717) is 11.1 Å². The quantitative estimate of drug-likeness (QED) is 0.704. The molecule has 0 amide bonds. The summed E-state index contributed by atoms with van der Waals surface area (Å²) >= 11 is 0. The smallest absolute Gasteiger partial charge is 0.310 e. The fourth-order valence-electron chi connectivity index (χ4n) is 2.65. The first-order valence-corrected chi connectivity index (χ1v) is 7.74. The number of aliphatic carboxylic acids is 1. The number of hydrogen-bond acceptors (Lipinski definition) is 1. The van der Waals surface area contributed by atoms with Crippen LogP contribution in [0.1, 0.15) is 18.4 Å². The molecular formula is C21H17FO2. The minimum atomic E-state index is -0.964. The standard InChI is InChI=1S/C21H17FO2/c1-14(21(23)24)18-11-12-19(20(22)13-18)17-9-7-16(8-10-17)15-5-3-2-4-6-15/h2-14H,1H3,(H,23,24). The molecule has 1 unspecified atom stereocenters. The van der Waals surface area contributed by atoms with Crippen molar-refractivity contribution in [3.05, 3.63) is 84.2 Å². The van der Waals surface area contributed by atoms with Gasteiger partial charge in [-0.2, -0.15) is 0 Å². The molecule has 24 heavy (non-hydrogen) atoms. The zero-order chi connectivity index (χ0) is 17.1. The first-order valence-electron chi connectivity index (χ1n) is 7.74. The van der Waals surface area contributed by atoms with Crippen LogP contribution in [0.4, 0.5) is 4.39 Å². The van der Waals surface area contributed by atoms with E-state index in [-0.39, 0.29) is 0 Å². The topological polar surface area (TPSA) is 37.3 Å². The van der Waals surface area contributed by atoms with Crippen molar-refractivity contribution >= 4 is 5.97 Å². The van der Waals surface area contributed by atoms with Crippen LogP contribution in [0.15, 0.2) is 72.8 Å². The van der Waals surface area contributed by atoms with Crippen molar-refractivity contribution in [3.8, 4) is 22.3 Å². The average molecular weight is 320 g/mol. The van der Waals surface area contributed by atoms with Crippen LogP contribution in [0.5, 0.6) is 0 Å². The van der Waals surface area contributed by atoms with Gasteiger partial charge in [-0.1, -0.05) is 66.7 Å². The Morgan fingerprint density at radius 2 is 1.46 bits per heavy atom. The van der Waals surface area contributed by atoms with Crippen molar-refractivity contribution in [3.63, 3.8) is 0 Å². The maximum Gasteiger partial charge on any atom is 0.310 e. The highest BCUT2D eigenvalue weighted by molar-refractivity contribution is 5.76. The van der Waals surface area contributed by atoms with E-state index in [1.54, 1.807) is 19.1 Å². The van der Waals surface area contributed by atoms with E-state index in [2.05, 4.69) is 0 Å². The zero-order valence-electron chi connectivity index (χ0n) is 13.2. The van der Waals surface area contributed by atoms with Gasteiger partial charge in [0.2, 0.25) is 0 Å². The van der Waals surface area contributed by atoms with Crippen LogP contribution in [-0.2, 0) is 4.79 Å². The molecule has 0 aliphatic rings. The number of benzene rings is 3. The molecule has 3 rings (SSSR count).